The number of amides is 3. The van der Waals surface area contributed by atoms with Crippen molar-refractivity contribution in [3.63, 3.8) is 0 Å². The SMILES string of the molecule is O=C(CN1C(=O)c2ccccc2C1=O)NCc1cc(F)ccc1F. The van der Waals surface area contributed by atoms with E-state index in [9.17, 15) is 23.2 Å². The third-order valence-corrected chi connectivity index (χ3v) is 3.66. The highest BCUT2D eigenvalue weighted by atomic mass is 19.1. The number of hydrogen-bond donors (Lipinski definition) is 1. The molecule has 3 amide bonds. The van der Waals surface area contributed by atoms with Gasteiger partial charge in [-0.1, -0.05) is 12.1 Å². The lowest BCUT2D eigenvalue weighted by Gasteiger charge is -2.13. The molecule has 24 heavy (non-hydrogen) atoms. The average Bonchev–Trinajstić information content (AvgIpc) is 2.81. The summed E-state index contributed by atoms with van der Waals surface area (Å²) in [4.78, 5) is 37.0. The van der Waals surface area contributed by atoms with Crippen molar-refractivity contribution in [2.75, 3.05) is 6.54 Å². The Morgan fingerprint density at radius 3 is 2.25 bits per heavy atom. The van der Waals surface area contributed by atoms with Crippen molar-refractivity contribution in [3.05, 3.63) is 70.8 Å². The Hall–Kier alpha value is -3.09. The molecule has 0 aromatic heterocycles. The van der Waals surface area contributed by atoms with Gasteiger partial charge in [-0.05, 0) is 30.3 Å². The van der Waals surface area contributed by atoms with Crippen LogP contribution < -0.4 is 5.32 Å². The lowest BCUT2D eigenvalue weighted by atomic mass is 10.1. The molecule has 1 N–H and O–H groups in total. The van der Waals surface area contributed by atoms with Crippen LogP contribution in [0.5, 0.6) is 0 Å². The molecule has 7 heteroatoms. The molecule has 3 rings (SSSR count). The van der Waals surface area contributed by atoms with E-state index < -0.39 is 35.9 Å². The Morgan fingerprint density at radius 1 is 1.00 bits per heavy atom. The zero-order valence-electron chi connectivity index (χ0n) is 12.4. The summed E-state index contributed by atoms with van der Waals surface area (Å²) >= 11 is 0. The average molecular weight is 330 g/mol. The van der Waals surface area contributed by atoms with Crippen LogP contribution in [0.4, 0.5) is 8.78 Å². The number of nitrogens with one attached hydrogen (secondary N) is 1. The van der Waals surface area contributed by atoms with Crippen LogP contribution in [0, 0.1) is 11.6 Å². The van der Waals surface area contributed by atoms with Crippen LogP contribution in [0.15, 0.2) is 42.5 Å². The molecule has 0 saturated heterocycles. The minimum Gasteiger partial charge on any atom is -0.350 e. The molecule has 0 saturated carbocycles. The summed E-state index contributed by atoms with van der Waals surface area (Å²) in [6.07, 6.45) is 0. The number of carbonyl (C=O) groups excluding carboxylic acids is 3. The number of hydrogen-bond acceptors (Lipinski definition) is 3. The fourth-order valence-corrected chi connectivity index (χ4v) is 2.45. The standard InChI is InChI=1S/C17H12F2N2O3/c18-11-5-6-14(19)10(7-11)8-20-15(22)9-21-16(23)12-3-1-2-4-13(12)17(21)24/h1-7H,8-9H2,(H,20,22). The Labute approximate surface area is 135 Å². The van der Waals surface area contributed by atoms with E-state index >= 15 is 0 Å². The van der Waals surface area contributed by atoms with Gasteiger partial charge in [0.25, 0.3) is 11.8 Å². The molecule has 2 aromatic rings. The maximum Gasteiger partial charge on any atom is 0.262 e. The quantitative estimate of drug-likeness (QED) is 0.871. The smallest absolute Gasteiger partial charge is 0.262 e. The molecule has 122 valence electrons. The van der Waals surface area contributed by atoms with E-state index in [1.54, 1.807) is 12.1 Å². The van der Waals surface area contributed by atoms with Crippen molar-refractivity contribution in [1.82, 2.24) is 10.2 Å². The highest BCUT2D eigenvalue weighted by Gasteiger charge is 2.36. The summed E-state index contributed by atoms with van der Waals surface area (Å²) in [7, 11) is 0. The van der Waals surface area contributed by atoms with Gasteiger partial charge in [-0.2, -0.15) is 0 Å². The second kappa shape index (κ2) is 6.19. The number of imide groups is 1. The summed E-state index contributed by atoms with van der Waals surface area (Å²) in [6.45, 7) is -0.727. The second-order valence-electron chi connectivity index (χ2n) is 5.25. The molecule has 1 aliphatic rings. The highest BCUT2D eigenvalue weighted by Crippen LogP contribution is 2.21. The molecule has 5 nitrogen and oxygen atoms in total. The van der Waals surface area contributed by atoms with E-state index in [0.29, 0.717) is 0 Å². The summed E-state index contributed by atoms with van der Waals surface area (Å²) in [5, 5.41) is 2.37. The lowest BCUT2D eigenvalue weighted by molar-refractivity contribution is -0.121. The van der Waals surface area contributed by atoms with Gasteiger partial charge in [-0.25, -0.2) is 8.78 Å². The van der Waals surface area contributed by atoms with E-state index in [1.807, 2.05) is 0 Å². The molecule has 0 bridgehead atoms. The van der Waals surface area contributed by atoms with Crippen LogP contribution in [0.25, 0.3) is 0 Å². The van der Waals surface area contributed by atoms with Gasteiger partial charge in [0.1, 0.15) is 18.2 Å². The molecule has 0 radical (unpaired) electrons. The van der Waals surface area contributed by atoms with Crippen molar-refractivity contribution in [2.24, 2.45) is 0 Å². The van der Waals surface area contributed by atoms with Gasteiger partial charge in [0, 0.05) is 12.1 Å². The van der Waals surface area contributed by atoms with Crippen molar-refractivity contribution in [1.29, 1.82) is 0 Å². The zero-order chi connectivity index (χ0) is 17.3. The summed E-state index contributed by atoms with van der Waals surface area (Å²) in [5.74, 6) is -3.03. The maximum atomic E-state index is 13.5. The molecule has 0 fully saturated rings. The molecule has 0 spiro atoms. The van der Waals surface area contributed by atoms with Crippen molar-refractivity contribution in [2.45, 2.75) is 6.54 Å². The first-order valence-corrected chi connectivity index (χ1v) is 7.13. The fourth-order valence-electron chi connectivity index (χ4n) is 2.45. The lowest BCUT2D eigenvalue weighted by Crippen LogP contribution is -2.40. The van der Waals surface area contributed by atoms with Crippen LogP contribution in [0.3, 0.4) is 0 Å². The predicted molar refractivity (Wildman–Crippen MR) is 80.0 cm³/mol. The topological polar surface area (TPSA) is 66.5 Å². The van der Waals surface area contributed by atoms with Crippen LogP contribution in [-0.4, -0.2) is 29.2 Å². The van der Waals surface area contributed by atoms with E-state index in [-0.39, 0.29) is 23.2 Å². The van der Waals surface area contributed by atoms with E-state index in [1.165, 1.54) is 12.1 Å². The number of fused-ring (bicyclic) bond motifs is 1. The van der Waals surface area contributed by atoms with Crippen LogP contribution in [-0.2, 0) is 11.3 Å². The first-order valence-electron chi connectivity index (χ1n) is 7.13. The normalized spacial score (nSPS) is 13.2. The first-order chi connectivity index (χ1) is 11.5. The van der Waals surface area contributed by atoms with Crippen LogP contribution in [0.1, 0.15) is 26.3 Å². The Kier molecular flexibility index (Phi) is 4.07. The number of rotatable bonds is 4. The Balaban J connectivity index is 1.65. The molecule has 0 aliphatic carbocycles. The van der Waals surface area contributed by atoms with E-state index in [4.69, 9.17) is 0 Å². The van der Waals surface area contributed by atoms with Gasteiger partial charge in [0.15, 0.2) is 0 Å². The van der Waals surface area contributed by atoms with E-state index in [2.05, 4.69) is 5.32 Å². The third kappa shape index (κ3) is 2.88. The summed E-state index contributed by atoms with van der Waals surface area (Å²) < 4.78 is 26.6. The highest BCUT2D eigenvalue weighted by molar-refractivity contribution is 6.22. The molecular formula is C17H12F2N2O3. The fraction of sp³-hybridized carbons (Fsp3) is 0.118. The van der Waals surface area contributed by atoms with E-state index in [0.717, 1.165) is 23.1 Å². The maximum absolute atomic E-state index is 13.5. The largest absolute Gasteiger partial charge is 0.350 e. The molecule has 1 aliphatic heterocycles. The van der Waals surface area contributed by atoms with Gasteiger partial charge in [-0.15, -0.1) is 0 Å². The Morgan fingerprint density at radius 2 is 1.62 bits per heavy atom. The molecular weight excluding hydrogens is 318 g/mol. The van der Waals surface area contributed by atoms with Crippen LogP contribution in [0.2, 0.25) is 0 Å². The van der Waals surface area contributed by atoms with Gasteiger partial charge in [-0.3, -0.25) is 19.3 Å². The number of benzene rings is 2. The number of halogens is 2. The predicted octanol–water partition coefficient (Wildman–Crippen LogP) is 1.88. The number of nitrogens with zero attached hydrogens (tertiary/aromatic N) is 1. The minimum atomic E-state index is -0.655. The van der Waals surface area contributed by atoms with Gasteiger partial charge < -0.3 is 5.32 Å². The summed E-state index contributed by atoms with van der Waals surface area (Å²) in [5.41, 5.74) is 0.462. The third-order valence-electron chi connectivity index (χ3n) is 3.66. The molecule has 0 unspecified atom stereocenters. The van der Waals surface area contributed by atoms with Crippen molar-refractivity contribution >= 4 is 17.7 Å². The van der Waals surface area contributed by atoms with Gasteiger partial charge in [0.2, 0.25) is 5.91 Å². The molecule has 2 aromatic carbocycles. The van der Waals surface area contributed by atoms with Crippen LogP contribution >= 0.6 is 0 Å². The van der Waals surface area contributed by atoms with Gasteiger partial charge in [0.05, 0.1) is 11.1 Å². The number of carbonyl (C=O) groups is 3. The Bertz CT molecular complexity index is 816. The monoisotopic (exact) mass is 330 g/mol. The molecule has 1 heterocycles. The zero-order valence-corrected chi connectivity index (χ0v) is 12.4. The second-order valence-corrected chi connectivity index (χ2v) is 5.25. The molecule has 0 atom stereocenters. The summed E-state index contributed by atoms with van der Waals surface area (Å²) in [6, 6.07) is 9.17. The first kappa shape index (κ1) is 15.8. The van der Waals surface area contributed by atoms with Crippen molar-refractivity contribution < 1.29 is 23.2 Å². The minimum absolute atomic E-state index is 0.0225. The van der Waals surface area contributed by atoms with Gasteiger partial charge >= 0.3 is 0 Å². The van der Waals surface area contributed by atoms with Crippen molar-refractivity contribution in [3.8, 4) is 0 Å².